The van der Waals surface area contributed by atoms with Gasteiger partial charge in [-0.1, -0.05) is 38.1 Å². The maximum atomic E-state index is 11.7. The second kappa shape index (κ2) is 7.79. The molecule has 1 unspecified atom stereocenters. The lowest BCUT2D eigenvalue weighted by atomic mass is 10.1. The Labute approximate surface area is 115 Å². The van der Waals surface area contributed by atoms with Crippen molar-refractivity contribution in [2.75, 3.05) is 0 Å². The molecular formula is C15H24N2O2. The molecule has 3 N–H and O–H groups in total. The Morgan fingerprint density at radius 3 is 2.42 bits per heavy atom. The molecule has 1 aromatic carbocycles. The Kier molecular flexibility index (Phi) is 6.36. The van der Waals surface area contributed by atoms with Gasteiger partial charge < -0.3 is 15.7 Å². The number of amides is 2. The van der Waals surface area contributed by atoms with E-state index in [1.54, 1.807) is 0 Å². The Morgan fingerprint density at radius 1 is 1.21 bits per heavy atom. The molecule has 106 valence electrons. The van der Waals surface area contributed by atoms with Gasteiger partial charge in [-0.2, -0.15) is 0 Å². The SMILES string of the molecule is CC(C)CC(C)NC(=O)NCc1ccccc1CO. The number of benzene rings is 1. The summed E-state index contributed by atoms with van der Waals surface area (Å²) < 4.78 is 0. The summed E-state index contributed by atoms with van der Waals surface area (Å²) in [5, 5.41) is 14.9. The van der Waals surface area contributed by atoms with Crippen LogP contribution < -0.4 is 10.6 Å². The van der Waals surface area contributed by atoms with Crippen molar-refractivity contribution in [3.8, 4) is 0 Å². The molecule has 1 aromatic rings. The van der Waals surface area contributed by atoms with Crippen LogP contribution in [0, 0.1) is 5.92 Å². The van der Waals surface area contributed by atoms with E-state index in [0.29, 0.717) is 12.5 Å². The van der Waals surface area contributed by atoms with Crippen molar-refractivity contribution in [1.82, 2.24) is 10.6 Å². The van der Waals surface area contributed by atoms with Crippen LogP contribution in [-0.2, 0) is 13.2 Å². The number of nitrogens with one attached hydrogen (secondary N) is 2. The second-order valence-corrected chi connectivity index (χ2v) is 5.28. The van der Waals surface area contributed by atoms with Crippen LogP contribution in [0.2, 0.25) is 0 Å². The minimum atomic E-state index is -0.166. The summed E-state index contributed by atoms with van der Waals surface area (Å²) in [4.78, 5) is 11.7. The van der Waals surface area contributed by atoms with Crippen molar-refractivity contribution in [3.05, 3.63) is 35.4 Å². The molecule has 0 aromatic heterocycles. The zero-order chi connectivity index (χ0) is 14.3. The minimum Gasteiger partial charge on any atom is -0.392 e. The smallest absolute Gasteiger partial charge is 0.315 e. The average molecular weight is 264 g/mol. The lowest BCUT2D eigenvalue weighted by Gasteiger charge is -2.17. The van der Waals surface area contributed by atoms with Crippen LogP contribution in [0.25, 0.3) is 0 Å². The number of urea groups is 1. The summed E-state index contributed by atoms with van der Waals surface area (Å²) in [7, 11) is 0. The minimum absolute atomic E-state index is 0.0107. The van der Waals surface area contributed by atoms with Crippen molar-refractivity contribution >= 4 is 6.03 Å². The fourth-order valence-corrected chi connectivity index (χ4v) is 2.10. The highest BCUT2D eigenvalue weighted by molar-refractivity contribution is 5.74. The summed E-state index contributed by atoms with van der Waals surface area (Å²) in [5.41, 5.74) is 1.79. The Balaban J connectivity index is 2.41. The summed E-state index contributed by atoms with van der Waals surface area (Å²) in [6.07, 6.45) is 0.959. The standard InChI is InChI=1S/C15H24N2O2/c1-11(2)8-12(3)17-15(19)16-9-13-6-4-5-7-14(13)10-18/h4-7,11-12,18H,8-10H2,1-3H3,(H2,16,17,19). The molecule has 2 amide bonds. The van der Waals surface area contributed by atoms with Crippen LogP contribution in [0.1, 0.15) is 38.3 Å². The molecule has 0 aliphatic rings. The number of aliphatic hydroxyl groups excluding tert-OH is 1. The Hall–Kier alpha value is -1.55. The predicted molar refractivity (Wildman–Crippen MR) is 76.7 cm³/mol. The third-order valence-corrected chi connectivity index (χ3v) is 2.93. The molecule has 0 aliphatic heterocycles. The first-order valence-electron chi connectivity index (χ1n) is 6.75. The topological polar surface area (TPSA) is 61.4 Å². The second-order valence-electron chi connectivity index (χ2n) is 5.28. The van der Waals surface area contributed by atoms with Gasteiger partial charge in [0, 0.05) is 12.6 Å². The van der Waals surface area contributed by atoms with Crippen molar-refractivity contribution < 1.29 is 9.90 Å². The molecule has 19 heavy (non-hydrogen) atoms. The fourth-order valence-electron chi connectivity index (χ4n) is 2.10. The molecule has 0 bridgehead atoms. The van der Waals surface area contributed by atoms with Gasteiger partial charge in [-0.15, -0.1) is 0 Å². The number of aliphatic hydroxyl groups is 1. The summed E-state index contributed by atoms with van der Waals surface area (Å²) in [5.74, 6) is 0.561. The predicted octanol–water partition coefficient (Wildman–Crippen LogP) is 2.41. The lowest BCUT2D eigenvalue weighted by Crippen LogP contribution is -2.41. The van der Waals surface area contributed by atoms with Crippen LogP contribution in [0.5, 0.6) is 0 Å². The summed E-state index contributed by atoms with van der Waals surface area (Å²) >= 11 is 0. The van der Waals surface area contributed by atoms with Gasteiger partial charge in [-0.25, -0.2) is 4.79 Å². The van der Waals surface area contributed by atoms with E-state index in [-0.39, 0.29) is 18.7 Å². The molecule has 0 radical (unpaired) electrons. The van der Waals surface area contributed by atoms with Gasteiger partial charge in [-0.05, 0) is 30.4 Å². The first-order valence-corrected chi connectivity index (χ1v) is 6.75. The molecular weight excluding hydrogens is 240 g/mol. The molecule has 0 spiro atoms. The number of carbonyl (C=O) groups excluding carboxylic acids is 1. The number of hydrogen-bond acceptors (Lipinski definition) is 2. The maximum absolute atomic E-state index is 11.7. The van der Waals surface area contributed by atoms with Gasteiger partial charge in [0.1, 0.15) is 0 Å². The van der Waals surface area contributed by atoms with Gasteiger partial charge in [0.25, 0.3) is 0 Å². The van der Waals surface area contributed by atoms with E-state index < -0.39 is 0 Å². The van der Waals surface area contributed by atoms with Crippen molar-refractivity contribution in [2.45, 2.75) is 46.4 Å². The Bertz CT molecular complexity index is 405. The molecule has 4 heteroatoms. The number of hydrogen-bond donors (Lipinski definition) is 3. The molecule has 1 rings (SSSR count). The normalized spacial score (nSPS) is 12.3. The lowest BCUT2D eigenvalue weighted by molar-refractivity contribution is 0.235. The molecule has 0 fully saturated rings. The van der Waals surface area contributed by atoms with Gasteiger partial charge in [0.15, 0.2) is 0 Å². The van der Waals surface area contributed by atoms with Crippen molar-refractivity contribution in [2.24, 2.45) is 5.92 Å². The van der Waals surface area contributed by atoms with Crippen molar-refractivity contribution in [3.63, 3.8) is 0 Å². The fraction of sp³-hybridized carbons (Fsp3) is 0.533. The molecule has 0 heterocycles. The highest BCUT2D eigenvalue weighted by Gasteiger charge is 2.09. The van der Waals surface area contributed by atoms with Gasteiger partial charge >= 0.3 is 6.03 Å². The molecule has 0 saturated carbocycles. The van der Waals surface area contributed by atoms with Crippen LogP contribution in [0.3, 0.4) is 0 Å². The van der Waals surface area contributed by atoms with E-state index in [1.807, 2.05) is 31.2 Å². The highest BCUT2D eigenvalue weighted by Crippen LogP contribution is 2.08. The molecule has 4 nitrogen and oxygen atoms in total. The quantitative estimate of drug-likeness (QED) is 0.739. The summed E-state index contributed by atoms with van der Waals surface area (Å²) in [6, 6.07) is 7.53. The number of rotatable bonds is 6. The molecule has 0 saturated heterocycles. The highest BCUT2D eigenvalue weighted by atomic mass is 16.3. The van der Waals surface area contributed by atoms with Gasteiger partial charge in [0.05, 0.1) is 6.61 Å². The van der Waals surface area contributed by atoms with Crippen LogP contribution in [0.15, 0.2) is 24.3 Å². The van der Waals surface area contributed by atoms with E-state index in [0.717, 1.165) is 17.5 Å². The maximum Gasteiger partial charge on any atom is 0.315 e. The third-order valence-electron chi connectivity index (χ3n) is 2.93. The average Bonchev–Trinajstić information content (AvgIpc) is 2.35. The van der Waals surface area contributed by atoms with E-state index in [9.17, 15) is 9.90 Å². The first kappa shape index (κ1) is 15.5. The van der Waals surface area contributed by atoms with Crippen molar-refractivity contribution in [1.29, 1.82) is 0 Å². The van der Waals surface area contributed by atoms with E-state index >= 15 is 0 Å². The van der Waals surface area contributed by atoms with E-state index in [1.165, 1.54) is 0 Å². The van der Waals surface area contributed by atoms with Crippen LogP contribution in [-0.4, -0.2) is 17.2 Å². The van der Waals surface area contributed by atoms with Crippen LogP contribution >= 0.6 is 0 Å². The largest absolute Gasteiger partial charge is 0.392 e. The number of carbonyl (C=O) groups is 1. The third kappa shape index (κ3) is 5.75. The molecule has 1 atom stereocenters. The monoisotopic (exact) mass is 264 g/mol. The van der Waals surface area contributed by atoms with E-state index in [2.05, 4.69) is 24.5 Å². The van der Waals surface area contributed by atoms with E-state index in [4.69, 9.17) is 0 Å². The zero-order valence-electron chi connectivity index (χ0n) is 11.9. The first-order chi connectivity index (χ1) is 9.02. The zero-order valence-corrected chi connectivity index (χ0v) is 11.9. The Morgan fingerprint density at radius 2 is 1.84 bits per heavy atom. The van der Waals surface area contributed by atoms with Gasteiger partial charge in [-0.3, -0.25) is 0 Å². The van der Waals surface area contributed by atoms with Crippen LogP contribution in [0.4, 0.5) is 4.79 Å². The summed E-state index contributed by atoms with van der Waals surface area (Å²) in [6.45, 7) is 6.68. The van der Waals surface area contributed by atoms with Gasteiger partial charge in [0.2, 0.25) is 0 Å². The molecule has 0 aliphatic carbocycles.